The van der Waals surface area contributed by atoms with E-state index in [1.807, 2.05) is 31.2 Å². The van der Waals surface area contributed by atoms with Gasteiger partial charge in [-0.25, -0.2) is 0 Å². The molecule has 1 heterocycles. The Kier molecular flexibility index (Phi) is 6.87. The van der Waals surface area contributed by atoms with E-state index in [1.165, 1.54) is 12.1 Å². The number of amides is 2. The zero-order valence-electron chi connectivity index (χ0n) is 17.3. The van der Waals surface area contributed by atoms with Crippen LogP contribution in [0.15, 0.2) is 48.5 Å². The summed E-state index contributed by atoms with van der Waals surface area (Å²) in [5, 5.41) is 2.93. The maximum Gasteiger partial charge on any atom is 0.416 e. The Morgan fingerprint density at radius 3 is 2.29 bits per heavy atom. The molecule has 1 unspecified atom stereocenters. The SMILES string of the molecule is CC(CC(=O)Nc1ccccc1N1CCC(C(N)=O)CC1)c1ccc(C(F)(F)F)cc1. The Morgan fingerprint density at radius 1 is 1.10 bits per heavy atom. The zero-order chi connectivity index (χ0) is 22.6. The van der Waals surface area contributed by atoms with Crippen LogP contribution in [-0.4, -0.2) is 24.9 Å². The molecule has 1 saturated heterocycles. The van der Waals surface area contributed by atoms with E-state index in [0.717, 1.165) is 17.8 Å². The number of hydrogen-bond acceptors (Lipinski definition) is 3. The maximum atomic E-state index is 12.7. The van der Waals surface area contributed by atoms with Crippen LogP contribution in [-0.2, 0) is 15.8 Å². The fourth-order valence-corrected chi connectivity index (χ4v) is 3.86. The Labute approximate surface area is 179 Å². The molecule has 1 atom stereocenters. The lowest BCUT2D eigenvalue weighted by Gasteiger charge is -2.33. The zero-order valence-corrected chi connectivity index (χ0v) is 17.3. The number of piperidine rings is 1. The molecule has 3 N–H and O–H groups in total. The predicted molar refractivity (Wildman–Crippen MR) is 114 cm³/mol. The average molecular weight is 433 g/mol. The number of carbonyl (C=O) groups is 2. The number of hydrogen-bond donors (Lipinski definition) is 2. The lowest BCUT2D eigenvalue weighted by molar-refractivity contribution is -0.137. The van der Waals surface area contributed by atoms with Crippen molar-refractivity contribution >= 4 is 23.2 Å². The fourth-order valence-electron chi connectivity index (χ4n) is 3.86. The van der Waals surface area contributed by atoms with E-state index in [9.17, 15) is 22.8 Å². The van der Waals surface area contributed by atoms with Gasteiger partial charge in [0.05, 0.1) is 16.9 Å². The second-order valence-electron chi connectivity index (χ2n) is 7.95. The summed E-state index contributed by atoms with van der Waals surface area (Å²) in [7, 11) is 0. The topological polar surface area (TPSA) is 75.4 Å². The van der Waals surface area contributed by atoms with Crippen LogP contribution in [0, 0.1) is 5.92 Å². The van der Waals surface area contributed by atoms with Crippen molar-refractivity contribution in [1.82, 2.24) is 0 Å². The van der Waals surface area contributed by atoms with Gasteiger partial charge in [-0.2, -0.15) is 13.2 Å². The Hall–Kier alpha value is -3.03. The molecule has 0 radical (unpaired) electrons. The number of nitrogens with two attached hydrogens (primary N) is 1. The number of nitrogens with zero attached hydrogens (tertiary/aromatic N) is 1. The van der Waals surface area contributed by atoms with E-state index < -0.39 is 11.7 Å². The highest BCUT2D eigenvalue weighted by molar-refractivity contribution is 5.94. The minimum absolute atomic E-state index is 0.123. The molecule has 1 aliphatic rings. The van der Waals surface area contributed by atoms with Gasteiger partial charge in [-0.15, -0.1) is 0 Å². The molecule has 2 amide bonds. The lowest BCUT2D eigenvalue weighted by Crippen LogP contribution is -2.38. The molecule has 166 valence electrons. The van der Waals surface area contributed by atoms with Crippen molar-refractivity contribution in [1.29, 1.82) is 0 Å². The number of rotatable bonds is 6. The van der Waals surface area contributed by atoms with Gasteiger partial charge in [0, 0.05) is 25.4 Å². The van der Waals surface area contributed by atoms with E-state index >= 15 is 0 Å². The Balaban J connectivity index is 1.63. The Bertz CT molecular complexity index is 920. The fraction of sp³-hybridized carbons (Fsp3) is 0.391. The molecule has 5 nitrogen and oxygen atoms in total. The van der Waals surface area contributed by atoms with Crippen LogP contribution < -0.4 is 16.0 Å². The van der Waals surface area contributed by atoms with Crippen LogP contribution in [0.4, 0.5) is 24.5 Å². The number of halogens is 3. The quantitative estimate of drug-likeness (QED) is 0.702. The van der Waals surface area contributed by atoms with Crippen molar-refractivity contribution in [3.63, 3.8) is 0 Å². The van der Waals surface area contributed by atoms with Crippen LogP contribution in [0.5, 0.6) is 0 Å². The number of alkyl halides is 3. The standard InChI is InChI=1S/C23H26F3N3O2/c1-15(16-6-8-18(9-7-16)23(24,25)26)14-21(30)28-19-4-2-3-5-20(19)29-12-10-17(11-13-29)22(27)31/h2-9,15,17H,10-14H2,1H3,(H2,27,31)(H,28,30). The number of anilines is 2. The largest absolute Gasteiger partial charge is 0.416 e. The Morgan fingerprint density at radius 2 is 1.71 bits per heavy atom. The third-order valence-corrected chi connectivity index (χ3v) is 5.71. The molecule has 2 aromatic rings. The predicted octanol–water partition coefficient (Wildman–Crippen LogP) is 4.54. The van der Waals surface area contributed by atoms with Crippen molar-refractivity contribution in [2.75, 3.05) is 23.3 Å². The molecule has 3 rings (SSSR count). The van der Waals surface area contributed by atoms with Crippen molar-refractivity contribution < 1.29 is 22.8 Å². The molecule has 31 heavy (non-hydrogen) atoms. The van der Waals surface area contributed by atoms with Crippen molar-refractivity contribution in [3.8, 4) is 0 Å². The molecule has 0 aliphatic carbocycles. The highest BCUT2D eigenvalue weighted by Crippen LogP contribution is 2.32. The summed E-state index contributed by atoms with van der Waals surface area (Å²) in [6.07, 6.45) is -2.90. The third-order valence-electron chi connectivity index (χ3n) is 5.71. The maximum absolute atomic E-state index is 12.7. The molecule has 1 fully saturated rings. The van der Waals surface area contributed by atoms with Crippen molar-refractivity contribution in [2.45, 2.75) is 38.3 Å². The molecule has 1 aliphatic heterocycles. The smallest absolute Gasteiger partial charge is 0.370 e. The van der Waals surface area contributed by atoms with E-state index in [4.69, 9.17) is 5.73 Å². The molecular weight excluding hydrogens is 407 g/mol. The first-order valence-corrected chi connectivity index (χ1v) is 10.3. The third kappa shape index (κ3) is 5.77. The second-order valence-corrected chi connectivity index (χ2v) is 7.95. The molecule has 0 aromatic heterocycles. The van der Waals surface area contributed by atoms with Crippen LogP contribution in [0.3, 0.4) is 0 Å². The molecule has 8 heteroatoms. The molecule has 0 bridgehead atoms. The molecule has 0 spiro atoms. The van der Waals surface area contributed by atoms with Gasteiger partial charge >= 0.3 is 6.18 Å². The summed E-state index contributed by atoms with van der Waals surface area (Å²) in [6, 6.07) is 12.3. The number of carbonyl (C=O) groups excluding carboxylic acids is 2. The lowest BCUT2D eigenvalue weighted by atomic mass is 9.95. The average Bonchev–Trinajstić information content (AvgIpc) is 2.73. The van der Waals surface area contributed by atoms with Crippen LogP contribution in [0.2, 0.25) is 0 Å². The number of benzene rings is 2. The summed E-state index contributed by atoms with van der Waals surface area (Å²) in [5.74, 6) is -0.853. The van der Waals surface area contributed by atoms with Gasteiger partial charge in [-0.05, 0) is 48.6 Å². The first-order chi connectivity index (χ1) is 14.6. The van der Waals surface area contributed by atoms with Gasteiger partial charge in [-0.1, -0.05) is 31.2 Å². The summed E-state index contributed by atoms with van der Waals surface area (Å²) >= 11 is 0. The van der Waals surface area contributed by atoms with Gasteiger partial charge in [-0.3, -0.25) is 9.59 Å². The summed E-state index contributed by atoms with van der Waals surface area (Å²) in [4.78, 5) is 26.1. The summed E-state index contributed by atoms with van der Waals surface area (Å²) < 4.78 is 38.2. The molecule has 0 saturated carbocycles. The van der Waals surface area contributed by atoms with Gasteiger partial charge in [0.25, 0.3) is 0 Å². The summed E-state index contributed by atoms with van der Waals surface area (Å²) in [6.45, 7) is 3.15. The minimum Gasteiger partial charge on any atom is -0.370 e. The number of primary amides is 1. The highest BCUT2D eigenvalue weighted by atomic mass is 19.4. The van der Waals surface area contributed by atoms with E-state index in [-0.39, 0.29) is 30.1 Å². The number of nitrogens with one attached hydrogen (secondary N) is 1. The summed E-state index contributed by atoms with van der Waals surface area (Å²) in [5.41, 5.74) is 6.91. The number of para-hydroxylation sites is 2. The first-order valence-electron chi connectivity index (χ1n) is 10.3. The van der Waals surface area contributed by atoms with Gasteiger partial charge in [0.15, 0.2) is 0 Å². The second kappa shape index (κ2) is 9.41. The van der Waals surface area contributed by atoms with Crippen LogP contribution in [0.25, 0.3) is 0 Å². The van der Waals surface area contributed by atoms with E-state index in [1.54, 1.807) is 0 Å². The van der Waals surface area contributed by atoms with E-state index in [0.29, 0.717) is 37.2 Å². The van der Waals surface area contributed by atoms with Gasteiger partial charge in [0.1, 0.15) is 0 Å². The minimum atomic E-state index is -4.38. The molecule has 2 aromatic carbocycles. The van der Waals surface area contributed by atoms with E-state index in [2.05, 4.69) is 10.2 Å². The first kappa shape index (κ1) is 22.7. The molecular formula is C23H26F3N3O2. The van der Waals surface area contributed by atoms with Gasteiger partial charge in [0.2, 0.25) is 11.8 Å². The van der Waals surface area contributed by atoms with Crippen LogP contribution in [0.1, 0.15) is 43.2 Å². The van der Waals surface area contributed by atoms with Gasteiger partial charge < -0.3 is 16.0 Å². The highest BCUT2D eigenvalue weighted by Gasteiger charge is 2.30. The van der Waals surface area contributed by atoms with Crippen LogP contribution >= 0.6 is 0 Å². The monoisotopic (exact) mass is 433 g/mol. The van der Waals surface area contributed by atoms with Crippen molar-refractivity contribution in [2.24, 2.45) is 11.7 Å². The van der Waals surface area contributed by atoms with Crippen molar-refractivity contribution in [3.05, 3.63) is 59.7 Å². The normalized spacial score (nSPS) is 16.1.